The van der Waals surface area contributed by atoms with Crippen molar-refractivity contribution in [2.75, 3.05) is 22.3 Å². The van der Waals surface area contributed by atoms with Crippen molar-refractivity contribution in [1.29, 1.82) is 0 Å². The normalized spacial score (nSPS) is 23.6. The van der Waals surface area contributed by atoms with Crippen LogP contribution in [0.2, 0.25) is 0 Å². The maximum Gasteiger partial charge on any atom is 0.235 e. The van der Waals surface area contributed by atoms with Gasteiger partial charge in [-0.15, -0.1) is 0 Å². The van der Waals surface area contributed by atoms with Crippen LogP contribution >= 0.6 is 0 Å². The molecule has 1 aliphatic rings. The lowest BCUT2D eigenvalue weighted by Crippen LogP contribution is -2.26. The SMILES string of the molecule is Cc1c(N)cccc1N1CC(C)CS1(=O)=O. The average Bonchev–Trinajstić information content (AvgIpc) is 2.44. The highest BCUT2D eigenvalue weighted by Gasteiger charge is 2.34. The summed E-state index contributed by atoms with van der Waals surface area (Å²) in [5, 5.41) is 0. The van der Waals surface area contributed by atoms with Gasteiger partial charge in [0.25, 0.3) is 0 Å². The molecule has 2 rings (SSSR count). The molecule has 1 aromatic carbocycles. The number of anilines is 2. The van der Waals surface area contributed by atoms with Crippen LogP contribution in [0.4, 0.5) is 11.4 Å². The highest BCUT2D eigenvalue weighted by molar-refractivity contribution is 7.93. The molecule has 0 aromatic heterocycles. The molecule has 0 saturated carbocycles. The number of nitrogens with zero attached hydrogens (tertiary/aromatic N) is 1. The van der Waals surface area contributed by atoms with Crippen LogP contribution in [0.1, 0.15) is 12.5 Å². The van der Waals surface area contributed by atoms with Gasteiger partial charge in [0.05, 0.1) is 11.4 Å². The Morgan fingerprint density at radius 1 is 1.44 bits per heavy atom. The Kier molecular flexibility index (Phi) is 2.58. The Bertz CT molecular complexity index is 511. The molecule has 0 radical (unpaired) electrons. The van der Waals surface area contributed by atoms with Gasteiger partial charge >= 0.3 is 0 Å². The van der Waals surface area contributed by atoms with Gasteiger partial charge in [0, 0.05) is 12.2 Å². The molecule has 0 aliphatic carbocycles. The molecular weight excluding hydrogens is 224 g/mol. The first-order valence-corrected chi connectivity index (χ1v) is 6.88. The molecule has 0 amide bonds. The van der Waals surface area contributed by atoms with Gasteiger partial charge in [-0.3, -0.25) is 4.31 Å². The maximum absolute atomic E-state index is 11.9. The molecule has 1 heterocycles. The number of rotatable bonds is 1. The second-order valence-electron chi connectivity index (χ2n) is 4.41. The van der Waals surface area contributed by atoms with Crippen LogP contribution in [-0.2, 0) is 10.0 Å². The zero-order chi connectivity index (χ0) is 11.9. The minimum Gasteiger partial charge on any atom is -0.398 e. The van der Waals surface area contributed by atoms with Crippen LogP contribution in [0.5, 0.6) is 0 Å². The van der Waals surface area contributed by atoms with Crippen molar-refractivity contribution in [3.05, 3.63) is 23.8 Å². The molecule has 1 fully saturated rings. The number of sulfonamides is 1. The van der Waals surface area contributed by atoms with Crippen LogP contribution < -0.4 is 10.0 Å². The van der Waals surface area contributed by atoms with Gasteiger partial charge in [-0.2, -0.15) is 0 Å². The van der Waals surface area contributed by atoms with Gasteiger partial charge in [-0.1, -0.05) is 13.0 Å². The fraction of sp³-hybridized carbons (Fsp3) is 0.455. The summed E-state index contributed by atoms with van der Waals surface area (Å²) >= 11 is 0. The van der Waals surface area contributed by atoms with E-state index >= 15 is 0 Å². The molecule has 0 spiro atoms. The van der Waals surface area contributed by atoms with Crippen molar-refractivity contribution in [2.45, 2.75) is 13.8 Å². The first kappa shape index (κ1) is 11.3. The van der Waals surface area contributed by atoms with Gasteiger partial charge in [-0.25, -0.2) is 8.42 Å². The van der Waals surface area contributed by atoms with Gasteiger partial charge in [0.15, 0.2) is 0 Å². The summed E-state index contributed by atoms with van der Waals surface area (Å²) in [5.41, 5.74) is 7.97. The molecular formula is C11H16N2O2S. The summed E-state index contributed by atoms with van der Waals surface area (Å²) in [6.45, 7) is 4.34. The van der Waals surface area contributed by atoms with Crippen LogP contribution in [0, 0.1) is 12.8 Å². The second-order valence-corrected chi connectivity index (χ2v) is 6.34. The lowest BCUT2D eigenvalue weighted by Gasteiger charge is -2.20. The second kappa shape index (κ2) is 3.66. The summed E-state index contributed by atoms with van der Waals surface area (Å²) in [6.07, 6.45) is 0. The lowest BCUT2D eigenvalue weighted by molar-refractivity contribution is 0.598. The Labute approximate surface area is 96.1 Å². The monoisotopic (exact) mass is 240 g/mol. The molecule has 5 heteroatoms. The minimum atomic E-state index is -3.15. The Hall–Kier alpha value is -1.23. The van der Waals surface area contributed by atoms with E-state index in [1.165, 1.54) is 4.31 Å². The minimum absolute atomic E-state index is 0.172. The van der Waals surface area contributed by atoms with Crippen molar-refractivity contribution >= 4 is 21.4 Å². The molecule has 88 valence electrons. The van der Waals surface area contributed by atoms with E-state index < -0.39 is 10.0 Å². The number of hydrogen-bond donors (Lipinski definition) is 1. The van der Waals surface area contributed by atoms with E-state index in [9.17, 15) is 8.42 Å². The van der Waals surface area contributed by atoms with E-state index in [0.29, 0.717) is 17.9 Å². The summed E-state index contributed by atoms with van der Waals surface area (Å²) in [4.78, 5) is 0. The van der Waals surface area contributed by atoms with Gasteiger partial charge in [-0.05, 0) is 30.5 Å². The van der Waals surface area contributed by atoms with Gasteiger partial charge in [0.2, 0.25) is 10.0 Å². The van der Waals surface area contributed by atoms with Gasteiger partial charge < -0.3 is 5.73 Å². The maximum atomic E-state index is 11.9. The number of benzene rings is 1. The third-order valence-electron chi connectivity index (χ3n) is 2.92. The van der Waals surface area contributed by atoms with E-state index in [-0.39, 0.29) is 11.7 Å². The summed E-state index contributed by atoms with van der Waals surface area (Å²) in [5.74, 6) is 0.396. The first-order valence-electron chi connectivity index (χ1n) is 5.27. The zero-order valence-corrected chi connectivity index (χ0v) is 10.3. The Balaban J connectivity index is 2.50. The van der Waals surface area contributed by atoms with Gasteiger partial charge in [0.1, 0.15) is 0 Å². The first-order chi connectivity index (χ1) is 7.42. The molecule has 1 saturated heterocycles. The van der Waals surface area contributed by atoms with Crippen LogP contribution in [0.15, 0.2) is 18.2 Å². The molecule has 1 atom stereocenters. The Morgan fingerprint density at radius 2 is 2.12 bits per heavy atom. The van der Waals surface area contributed by atoms with Crippen molar-refractivity contribution in [3.8, 4) is 0 Å². The fourth-order valence-electron chi connectivity index (χ4n) is 2.06. The van der Waals surface area contributed by atoms with E-state index in [1.54, 1.807) is 18.2 Å². The van der Waals surface area contributed by atoms with Crippen LogP contribution in [0.3, 0.4) is 0 Å². The van der Waals surface area contributed by atoms with Crippen molar-refractivity contribution in [3.63, 3.8) is 0 Å². The van der Waals surface area contributed by atoms with Crippen LogP contribution in [0.25, 0.3) is 0 Å². The highest BCUT2D eigenvalue weighted by Crippen LogP contribution is 2.31. The van der Waals surface area contributed by atoms with Crippen LogP contribution in [-0.4, -0.2) is 20.7 Å². The largest absolute Gasteiger partial charge is 0.398 e. The predicted molar refractivity (Wildman–Crippen MR) is 65.9 cm³/mol. The predicted octanol–water partition coefficient (Wildman–Crippen LogP) is 1.36. The summed E-state index contributed by atoms with van der Waals surface area (Å²) in [7, 11) is -3.15. The van der Waals surface area contributed by atoms with Crippen molar-refractivity contribution < 1.29 is 8.42 Å². The molecule has 16 heavy (non-hydrogen) atoms. The number of hydrogen-bond acceptors (Lipinski definition) is 3. The topological polar surface area (TPSA) is 63.4 Å². The standard InChI is InChI=1S/C11H16N2O2S/c1-8-6-13(16(14,15)7-8)11-5-3-4-10(12)9(11)2/h3-5,8H,6-7,12H2,1-2H3. The van der Waals surface area contributed by atoms with Crippen molar-refractivity contribution in [1.82, 2.24) is 0 Å². The summed E-state index contributed by atoms with van der Waals surface area (Å²) in [6, 6.07) is 5.38. The third kappa shape index (κ3) is 1.75. The smallest absolute Gasteiger partial charge is 0.235 e. The van der Waals surface area contributed by atoms with E-state index in [1.807, 2.05) is 13.8 Å². The molecule has 2 N–H and O–H groups in total. The van der Waals surface area contributed by atoms with E-state index in [4.69, 9.17) is 5.73 Å². The molecule has 0 bridgehead atoms. The molecule has 1 unspecified atom stereocenters. The average molecular weight is 240 g/mol. The Morgan fingerprint density at radius 3 is 2.69 bits per heavy atom. The lowest BCUT2D eigenvalue weighted by atomic mass is 10.1. The van der Waals surface area contributed by atoms with E-state index in [0.717, 1.165) is 5.56 Å². The van der Waals surface area contributed by atoms with E-state index in [2.05, 4.69) is 0 Å². The number of nitrogens with two attached hydrogens (primary N) is 1. The zero-order valence-electron chi connectivity index (χ0n) is 9.47. The molecule has 1 aromatic rings. The quantitative estimate of drug-likeness (QED) is 0.754. The van der Waals surface area contributed by atoms with Crippen molar-refractivity contribution in [2.24, 2.45) is 5.92 Å². The highest BCUT2D eigenvalue weighted by atomic mass is 32.2. The molecule has 1 aliphatic heterocycles. The summed E-state index contributed by atoms with van der Waals surface area (Å²) < 4.78 is 25.3. The number of nitrogen functional groups attached to an aromatic ring is 1. The fourth-order valence-corrected chi connectivity index (χ4v) is 4.04. The molecule has 4 nitrogen and oxygen atoms in total. The third-order valence-corrected chi connectivity index (χ3v) is 4.93.